The Morgan fingerprint density at radius 1 is 1.23 bits per heavy atom. The molecule has 0 bridgehead atoms. The number of rotatable bonds is 6. The molecule has 1 atom stereocenters. The lowest BCUT2D eigenvalue weighted by atomic mass is 9.85. The first-order chi connectivity index (χ1) is 12.7. The molecule has 0 spiro atoms. The van der Waals surface area contributed by atoms with E-state index < -0.39 is 0 Å². The molecule has 1 aromatic heterocycles. The molecular weight excluding hydrogens is 328 g/mol. The largest absolute Gasteiger partial charge is 0.481 e. The van der Waals surface area contributed by atoms with Gasteiger partial charge < -0.3 is 14.4 Å². The number of hydrogen-bond donors (Lipinski definition) is 0. The van der Waals surface area contributed by atoms with Crippen LogP contribution in [0.4, 0.5) is 0 Å². The van der Waals surface area contributed by atoms with Gasteiger partial charge in [0, 0.05) is 31.1 Å². The molecule has 0 radical (unpaired) electrons. The maximum Gasteiger partial charge on any atom is 0.254 e. The standard InChI is InChI=1S/C21H26N2O3/c1-25-20-12-18(17-9-2-3-10-19(17)22-20)21(24)23(13-15-6-4-7-15)14-16-8-5-11-26-16/h2-3,9-10,12,15-16H,4-8,11,13-14H2,1H3/t16-/m1/s1. The number of amides is 1. The van der Waals surface area contributed by atoms with Gasteiger partial charge in [0.15, 0.2) is 0 Å². The second-order valence-electron chi connectivity index (χ2n) is 7.37. The summed E-state index contributed by atoms with van der Waals surface area (Å²) in [5.74, 6) is 1.16. The van der Waals surface area contributed by atoms with Crippen LogP contribution in [0.2, 0.25) is 0 Å². The van der Waals surface area contributed by atoms with E-state index in [1.54, 1.807) is 13.2 Å². The van der Waals surface area contributed by atoms with Gasteiger partial charge >= 0.3 is 0 Å². The average molecular weight is 354 g/mol. The smallest absolute Gasteiger partial charge is 0.254 e. The first kappa shape index (κ1) is 17.3. The van der Waals surface area contributed by atoms with Crippen LogP contribution in [0.1, 0.15) is 42.5 Å². The van der Waals surface area contributed by atoms with Crippen LogP contribution in [-0.4, -0.2) is 48.7 Å². The number of carbonyl (C=O) groups excluding carboxylic acids is 1. The Hall–Kier alpha value is -2.14. The number of methoxy groups -OCH3 is 1. The van der Waals surface area contributed by atoms with E-state index in [0.717, 1.165) is 36.9 Å². The molecule has 4 rings (SSSR count). The van der Waals surface area contributed by atoms with Crippen molar-refractivity contribution in [2.24, 2.45) is 5.92 Å². The summed E-state index contributed by atoms with van der Waals surface area (Å²) in [6, 6.07) is 9.53. The second-order valence-corrected chi connectivity index (χ2v) is 7.37. The fraction of sp³-hybridized carbons (Fsp3) is 0.524. The molecule has 1 amide bonds. The minimum Gasteiger partial charge on any atom is -0.481 e. The highest BCUT2D eigenvalue weighted by atomic mass is 16.5. The molecule has 1 saturated carbocycles. The van der Waals surface area contributed by atoms with Gasteiger partial charge in [0.1, 0.15) is 0 Å². The van der Waals surface area contributed by atoms with E-state index >= 15 is 0 Å². The maximum atomic E-state index is 13.5. The molecule has 1 saturated heterocycles. The molecule has 5 nitrogen and oxygen atoms in total. The van der Waals surface area contributed by atoms with Crippen molar-refractivity contribution in [3.05, 3.63) is 35.9 Å². The zero-order valence-corrected chi connectivity index (χ0v) is 15.3. The quantitative estimate of drug-likeness (QED) is 0.794. The minimum absolute atomic E-state index is 0.0595. The number of carbonyl (C=O) groups is 1. The van der Waals surface area contributed by atoms with Gasteiger partial charge in [-0.05, 0) is 37.7 Å². The van der Waals surface area contributed by atoms with Crippen LogP contribution in [0.5, 0.6) is 5.88 Å². The molecule has 2 aromatic rings. The van der Waals surface area contributed by atoms with Gasteiger partial charge in [-0.15, -0.1) is 0 Å². The molecule has 0 N–H and O–H groups in total. The highest BCUT2D eigenvalue weighted by Crippen LogP contribution is 2.30. The third kappa shape index (κ3) is 3.54. The molecule has 2 aliphatic rings. The molecule has 1 aliphatic carbocycles. The van der Waals surface area contributed by atoms with Crippen LogP contribution in [-0.2, 0) is 4.74 Å². The summed E-state index contributed by atoms with van der Waals surface area (Å²) >= 11 is 0. The Labute approximate surface area is 154 Å². The lowest BCUT2D eigenvalue weighted by molar-refractivity contribution is 0.0449. The Bertz CT molecular complexity index is 782. The van der Waals surface area contributed by atoms with Gasteiger partial charge in [-0.3, -0.25) is 4.79 Å². The molecular formula is C21H26N2O3. The van der Waals surface area contributed by atoms with E-state index in [1.165, 1.54) is 19.3 Å². The van der Waals surface area contributed by atoms with Gasteiger partial charge in [-0.25, -0.2) is 4.98 Å². The zero-order valence-electron chi connectivity index (χ0n) is 15.3. The van der Waals surface area contributed by atoms with Crippen LogP contribution in [0.25, 0.3) is 10.9 Å². The van der Waals surface area contributed by atoms with E-state index in [1.807, 2.05) is 29.2 Å². The average Bonchev–Trinajstić information content (AvgIpc) is 3.15. The van der Waals surface area contributed by atoms with Crippen molar-refractivity contribution in [3.8, 4) is 5.88 Å². The molecule has 1 aromatic carbocycles. The van der Waals surface area contributed by atoms with Crippen molar-refractivity contribution < 1.29 is 14.3 Å². The second kappa shape index (κ2) is 7.62. The molecule has 1 aliphatic heterocycles. The van der Waals surface area contributed by atoms with Gasteiger partial charge in [-0.1, -0.05) is 24.6 Å². The lowest BCUT2D eigenvalue weighted by Gasteiger charge is -2.34. The van der Waals surface area contributed by atoms with E-state index in [9.17, 15) is 4.79 Å². The summed E-state index contributed by atoms with van der Waals surface area (Å²) < 4.78 is 11.1. The van der Waals surface area contributed by atoms with Gasteiger partial charge in [-0.2, -0.15) is 0 Å². The Morgan fingerprint density at radius 2 is 2.08 bits per heavy atom. The predicted molar refractivity (Wildman–Crippen MR) is 101 cm³/mol. The number of aromatic nitrogens is 1. The van der Waals surface area contributed by atoms with E-state index in [0.29, 0.717) is 23.9 Å². The number of para-hydroxylation sites is 1. The predicted octanol–water partition coefficient (Wildman–Crippen LogP) is 3.66. The van der Waals surface area contributed by atoms with Crippen LogP contribution in [0.15, 0.2) is 30.3 Å². The Balaban J connectivity index is 1.66. The first-order valence-corrected chi connectivity index (χ1v) is 9.59. The summed E-state index contributed by atoms with van der Waals surface area (Å²) in [5, 5.41) is 0.879. The monoisotopic (exact) mass is 354 g/mol. The Kier molecular flexibility index (Phi) is 5.07. The Morgan fingerprint density at radius 3 is 2.77 bits per heavy atom. The fourth-order valence-corrected chi connectivity index (χ4v) is 3.86. The number of pyridine rings is 1. The number of nitrogens with zero attached hydrogens (tertiary/aromatic N) is 2. The molecule has 138 valence electrons. The topological polar surface area (TPSA) is 51.7 Å². The van der Waals surface area contributed by atoms with Crippen molar-refractivity contribution >= 4 is 16.8 Å². The number of hydrogen-bond acceptors (Lipinski definition) is 4. The maximum absolute atomic E-state index is 13.5. The molecule has 5 heteroatoms. The first-order valence-electron chi connectivity index (χ1n) is 9.59. The van der Waals surface area contributed by atoms with Crippen molar-refractivity contribution in [3.63, 3.8) is 0 Å². The third-order valence-corrected chi connectivity index (χ3v) is 5.57. The van der Waals surface area contributed by atoms with Gasteiger partial charge in [0.25, 0.3) is 5.91 Å². The van der Waals surface area contributed by atoms with Crippen molar-refractivity contribution in [1.29, 1.82) is 0 Å². The molecule has 2 fully saturated rings. The molecule has 0 unspecified atom stereocenters. The summed E-state index contributed by atoms with van der Waals surface area (Å²) in [7, 11) is 1.59. The third-order valence-electron chi connectivity index (χ3n) is 5.57. The van der Waals surface area contributed by atoms with Crippen LogP contribution in [0.3, 0.4) is 0 Å². The van der Waals surface area contributed by atoms with Gasteiger partial charge in [0.2, 0.25) is 5.88 Å². The van der Waals surface area contributed by atoms with Crippen LogP contribution >= 0.6 is 0 Å². The SMILES string of the molecule is COc1cc(C(=O)N(CC2CCC2)C[C@H]2CCCO2)c2ccccc2n1. The zero-order chi connectivity index (χ0) is 17.9. The lowest BCUT2D eigenvalue weighted by Crippen LogP contribution is -2.42. The highest BCUT2D eigenvalue weighted by Gasteiger charge is 2.29. The fourth-order valence-electron chi connectivity index (χ4n) is 3.86. The number of benzene rings is 1. The van der Waals surface area contributed by atoms with Crippen molar-refractivity contribution in [1.82, 2.24) is 9.88 Å². The van der Waals surface area contributed by atoms with E-state index in [-0.39, 0.29) is 12.0 Å². The number of fused-ring (bicyclic) bond motifs is 1. The van der Waals surface area contributed by atoms with Gasteiger partial charge in [0.05, 0.1) is 24.3 Å². The van der Waals surface area contributed by atoms with Crippen LogP contribution < -0.4 is 4.74 Å². The van der Waals surface area contributed by atoms with E-state index in [2.05, 4.69) is 4.98 Å². The summed E-state index contributed by atoms with van der Waals surface area (Å²) in [4.78, 5) is 19.9. The summed E-state index contributed by atoms with van der Waals surface area (Å²) in [6.45, 7) is 2.30. The molecule has 2 heterocycles. The van der Waals surface area contributed by atoms with Crippen LogP contribution in [0, 0.1) is 5.92 Å². The summed E-state index contributed by atoms with van der Waals surface area (Å²) in [6.07, 6.45) is 6.00. The van der Waals surface area contributed by atoms with Crippen molar-refractivity contribution in [2.45, 2.75) is 38.2 Å². The van der Waals surface area contributed by atoms with E-state index in [4.69, 9.17) is 9.47 Å². The number of ether oxygens (including phenoxy) is 2. The van der Waals surface area contributed by atoms with Crippen molar-refractivity contribution in [2.75, 3.05) is 26.8 Å². The highest BCUT2D eigenvalue weighted by molar-refractivity contribution is 6.06. The molecule has 26 heavy (non-hydrogen) atoms. The minimum atomic E-state index is 0.0595. The summed E-state index contributed by atoms with van der Waals surface area (Å²) in [5.41, 5.74) is 1.46. The normalized spacial score (nSPS) is 20.1.